The van der Waals surface area contributed by atoms with E-state index in [9.17, 15) is 14.4 Å². The monoisotopic (exact) mass is 406 g/mol. The van der Waals surface area contributed by atoms with Crippen LogP contribution in [0.3, 0.4) is 0 Å². The maximum atomic E-state index is 13.0. The molecule has 2 heterocycles. The molecule has 2 aromatic carbocycles. The second-order valence-electron chi connectivity index (χ2n) is 8.45. The van der Waals surface area contributed by atoms with E-state index in [1.54, 1.807) is 0 Å². The Kier molecular flexibility index (Phi) is 4.27. The molecule has 1 saturated carbocycles. The van der Waals surface area contributed by atoms with Gasteiger partial charge in [0.1, 0.15) is 17.0 Å². The molecule has 0 spiro atoms. The zero-order valence-corrected chi connectivity index (χ0v) is 16.3. The van der Waals surface area contributed by atoms with E-state index in [1.165, 1.54) is 0 Å². The van der Waals surface area contributed by atoms with Crippen LogP contribution in [0, 0.1) is 11.8 Å². The van der Waals surface area contributed by atoms with E-state index in [0.717, 1.165) is 22.6 Å². The smallest absolute Gasteiger partial charge is 0.322 e. The number of para-hydroxylation sites is 2. The molecule has 3 amide bonds. The summed E-state index contributed by atoms with van der Waals surface area (Å²) in [4.78, 5) is 36.2. The predicted octanol–water partition coefficient (Wildman–Crippen LogP) is 3.39. The lowest BCUT2D eigenvalue weighted by Crippen LogP contribution is -2.58. The van der Waals surface area contributed by atoms with E-state index < -0.39 is 17.5 Å². The van der Waals surface area contributed by atoms with Gasteiger partial charge in [0.25, 0.3) is 5.91 Å². The van der Waals surface area contributed by atoms with Gasteiger partial charge in [-0.05, 0) is 43.2 Å². The summed E-state index contributed by atoms with van der Waals surface area (Å²) in [5, 5.41) is 14.4. The normalized spacial score (nSPS) is 27.2. The van der Waals surface area contributed by atoms with Crippen molar-refractivity contribution in [3.63, 3.8) is 0 Å². The van der Waals surface area contributed by atoms with Crippen molar-refractivity contribution in [2.45, 2.75) is 37.1 Å². The zero-order valence-electron chi connectivity index (χ0n) is 16.3. The SMILES string of the molecule is O=C(O)CC1CC(C2(CC3c4ccccc4Oc4ccccc43)NC(=O)NC2=O)C1. The molecule has 154 valence electrons. The minimum Gasteiger partial charge on any atom is -0.481 e. The van der Waals surface area contributed by atoms with Gasteiger partial charge < -0.3 is 15.2 Å². The molecule has 1 unspecified atom stereocenters. The van der Waals surface area contributed by atoms with E-state index in [0.29, 0.717) is 19.3 Å². The average Bonchev–Trinajstić information content (AvgIpc) is 2.97. The van der Waals surface area contributed by atoms with Gasteiger partial charge in [-0.2, -0.15) is 0 Å². The van der Waals surface area contributed by atoms with Gasteiger partial charge in [0.2, 0.25) is 0 Å². The van der Waals surface area contributed by atoms with Crippen LogP contribution in [0.2, 0.25) is 0 Å². The molecule has 2 fully saturated rings. The number of carbonyl (C=O) groups is 3. The van der Waals surface area contributed by atoms with Gasteiger partial charge in [0.05, 0.1) is 0 Å². The second-order valence-corrected chi connectivity index (χ2v) is 8.45. The Morgan fingerprint density at radius 1 is 1.03 bits per heavy atom. The van der Waals surface area contributed by atoms with Crippen LogP contribution in [0.15, 0.2) is 48.5 Å². The topological polar surface area (TPSA) is 105 Å². The van der Waals surface area contributed by atoms with Gasteiger partial charge in [0, 0.05) is 23.5 Å². The first-order valence-corrected chi connectivity index (χ1v) is 10.2. The summed E-state index contributed by atoms with van der Waals surface area (Å²) in [6.45, 7) is 0. The molecule has 3 aliphatic rings. The predicted molar refractivity (Wildman–Crippen MR) is 107 cm³/mol. The van der Waals surface area contributed by atoms with E-state index in [4.69, 9.17) is 9.84 Å². The largest absolute Gasteiger partial charge is 0.481 e. The fourth-order valence-corrected chi connectivity index (χ4v) is 5.21. The Balaban J connectivity index is 1.51. The number of hydrogen-bond donors (Lipinski definition) is 3. The number of hydrogen-bond acceptors (Lipinski definition) is 4. The lowest BCUT2D eigenvalue weighted by molar-refractivity contribution is -0.140. The molecule has 1 atom stereocenters. The molecule has 7 heteroatoms. The summed E-state index contributed by atoms with van der Waals surface area (Å²) in [7, 11) is 0. The Morgan fingerprint density at radius 3 is 2.17 bits per heavy atom. The lowest BCUT2D eigenvalue weighted by atomic mass is 9.60. The van der Waals surface area contributed by atoms with Gasteiger partial charge in [0.15, 0.2) is 0 Å². The number of amides is 3. The van der Waals surface area contributed by atoms with Crippen LogP contribution in [-0.4, -0.2) is 28.6 Å². The van der Waals surface area contributed by atoms with Crippen LogP contribution in [0.4, 0.5) is 4.79 Å². The molecule has 0 bridgehead atoms. The van der Waals surface area contributed by atoms with Crippen molar-refractivity contribution >= 4 is 17.9 Å². The number of carboxylic acids is 1. The first-order valence-electron chi connectivity index (χ1n) is 10.2. The van der Waals surface area contributed by atoms with Crippen molar-refractivity contribution < 1.29 is 24.2 Å². The molecular weight excluding hydrogens is 384 g/mol. The third-order valence-corrected chi connectivity index (χ3v) is 6.70. The number of ether oxygens (including phenoxy) is 1. The number of imide groups is 1. The van der Waals surface area contributed by atoms with Crippen molar-refractivity contribution in [3.8, 4) is 11.5 Å². The zero-order chi connectivity index (χ0) is 20.9. The number of benzene rings is 2. The number of aliphatic carboxylic acids is 1. The third kappa shape index (κ3) is 2.93. The highest BCUT2D eigenvalue weighted by Gasteiger charge is 2.57. The van der Waals surface area contributed by atoms with E-state index in [-0.39, 0.29) is 30.1 Å². The number of nitrogens with one attached hydrogen (secondary N) is 2. The fraction of sp³-hybridized carbons (Fsp3) is 0.348. The Bertz CT molecular complexity index is 1000. The van der Waals surface area contributed by atoms with Crippen LogP contribution in [0.25, 0.3) is 0 Å². The highest BCUT2D eigenvalue weighted by molar-refractivity contribution is 6.07. The van der Waals surface area contributed by atoms with Gasteiger partial charge >= 0.3 is 12.0 Å². The molecular formula is C23H22N2O5. The molecule has 0 aromatic heterocycles. The summed E-state index contributed by atoms with van der Waals surface area (Å²) in [5.74, 6) is 0.137. The molecule has 2 aliphatic heterocycles. The van der Waals surface area contributed by atoms with Crippen molar-refractivity contribution in [1.29, 1.82) is 0 Å². The van der Waals surface area contributed by atoms with E-state index in [1.807, 2.05) is 48.5 Å². The second kappa shape index (κ2) is 6.86. The molecule has 3 N–H and O–H groups in total. The van der Waals surface area contributed by atoms with Gasteiger partial charge in [-0.3, -0.25) is 14.9 Å². The van der Waals surface area contributed by atoms with Crippen LogP contribution in [0.5, 0.6) is 11.5 Å². The molecule has 30 heavy (non-hydrogen) atoms. The Morgan fingerprint density at radius 2 is 1.63 bits per heavy atom. The third-order valence-electron chi connectivity index (χ3n) is 6.70. The van der Waals surface area contributed by atoms with Crippen molar-refractivity contribution in [2.75, 3.05) is 0 Å². The van der Waals surface area contributed by atoms with Crippen LogP contribution in [0.1, 0.15) is 42.7 Å². The quantitative estimate of drug-likeness (QED) is 0.660. The molecule has 2 aromatic rings. The van der Waals surface area contributed by atoms with Crippen molar-refractivity contribution in [3.05, 3.63) is 59.7 Å². The van der Waals surface area contributed by atoms with E-state index >= 15 is 0 Å². The first-order chi connectivity index (χ1) is 14.5. The molecule has 7 nitrogen and oxygen atoms in total. The van der Waals surface area contributed by atoms with Crippen molar-refractivity contribution in [2.24, 2.45) is 11.8 Å². The fourth-order valence-electron chi connectivity index (χ4n) is 5.21. The molecule has 1 aliphatic carbocycles. The van der Waals surface area contributed by atoms with Gasteiger partial charge in [-0.1, -0.05) is 36.4 Å². The Labute approximate surface area is 173 Å². The number of carboxylic acid groups (broad SMARTS) is 1. The van der Waals surface area contributed by atoms with Crippen molar-refractivity contribution in [1.82, 2.24) is 10.6 Å². The minimum absolute atomic E-state index is 0.0314. The lowest BCUT2D eigenvalue weighted by Gasteiger charge is -2.46. The number of fused-ring (bicyclic) bond motifs is 2. The summed E-state index contributed by atoms with van der Waals surface area (Å²) in [6.07, 6.45) is 1.69. The maximum Gasteiger partial charge on any atom is 0.322 e. The minimum atomic E-state index is -1.06. The van der Waals surface area contributed by atoms with Gasteiger partial charge in [-0.25, -0.2) is 4.79 Å². The highest BCUT2D eigenvalue weighted by atomic mass is 16.5. The number of carbonyl (C=O) groups excluding carboxylic acids is 2. The number of rotatable bonds is 5. The maximum absolute atomic E-state index is 13.0. The van der Waals surface area contributed by atoms with Crippen LogP contribution in [-0.2, 0) is 9.59 Å². The average molecular weight is 406 g/mol. The highest BCUT2D eigenvalue weighted by Crippen LogP contribution is 2.52. The Hall–Kier alpha value is -3.35. The summed E-state index contributed by atoms with van der Waals surface area (Å²) in [6, 6.07) is 15.0. The molecule has 0 radical (unpaired) electrons. The summed E-state index contributed by atoms with van der Waals surface area (Å²) >= 11 is 0. The first kappa shape index (κ1) is 18.7. The molecule has 1 saturated heterocycles. The molecule has 5 rings (SSSR count). The van der Waals surface area contributed by atoms with Crippen LogP contribution < -0.4 is 15.4 Å². The summed E-state index contributed by atoms with van der Waals surface area (Å²) in [5.41, 5.74) is 0.894. The summed E-state index contributed by atoms with van der Waals surface area (Å²) < 4.78 is 6.06. The standard InChI is InChI=1S/C23H22N2O5/c26-20(27)11-13-9-14(10-13)23(21(28)24-22(29)25-23)12-17-15-5-1-3-7-18(15)30-19-8-4-2-6-16(17)19/h1-8,13-14,17H,9-12H2,(H,26,27)(H2,24,25,28,29). The van der Waals surface area contributed by atoms with Crippen LogP contribution >= 0.6 is 0 Å². The van der Waals surface area contributed by atoms with Gasteiger partial charge in [-0.15, -0.1) is 0 Å². The van der Waals surface area contributed by atoms with E-state index in [2.05, 4.69) is 10.6 Å². The number of urea groups is 1.